The Hall–Kier alpha value is -2.49. The first kappa shape index (κ1) is 17.9. The molecular weight excluding hydrogens is 302 g/mol. The highest BCUT2D eigenvalue weighted by molar-refractivity contribution is 5.95. The summed E-state index contributed by atoms with van der Waals surface area (Å²) in [5.74, 6) is 0.635. The van der Waals surface area contributed by atoms with Crippen LogP contribution >= 0.6 is 0 Å². The Morgan fingerprint density at radius 1 is 1.04 bits per heavy atom. The Morgan fingerprint density at radius 2 is 1.83 bits per heavy atom. The monoisotopic (exact) mass is 327 g/mol. The molecule has 0 radical (unpaired) electrons. The third kappa shape index (κ3) is 4.75. The van der Waals surface area contributed by atoms with Crippen LogP contribution in [0, 0.1) is 13.8 Å². The second-order valence-electron chi connectivity index (χ2n) is 5.72. The summed E-state index contributed by atoms with van der Waals surface area (Å²) in [4.78, 5) is 11.7. The summed E-state index contributed by atoms with van der Waals surface area (Å²) < 4.78 is 10.6. The van der Waals surface area contributed by atoms with E-state index in [1.165, 1.54) is 18.2 Å². The van der Waals surface area contributed by atoms with E-state index in [9.17, 15) is 4.79 Å². The largest absolute Gasteiger partial charge is 0.493 e. The molecule has 0 saturated heterocycles. The van der Waals surface area contributed by atoms with Crippen LogP contribution in [-0.2, 0) is 4.74 Å². The van der Waals surface area contributed by atoms with Crippen LogP contribution in [0.15, 0.2) is 42.5 Å². The number of carbonyl (C=O) groups excluding carboxylic acids is 1. The molecular formula is C20H25NO3. The summed E-state index contributed by atoms with van der Waals surface area (Å²) in [5, 5.41) is 3.29. The third-order valence-corrected chi connectivity index (χ3v) is 4.03. The van der Waals surface area contributed by atoms with Gasteiger partial charge in [0.25, 0.3) is 0 Å². The van der Waals surface area contributed by atoms with Crippen LogP contribution in [0.1, 0.15) is 34.3 Å². The molecule has 0 aliphatic carbocycles. The van der Waals surface area contributed by atoms with Crippen LogP contribution in [0.2, 0.25) is 0 Å². The number of methoxy groups -OCH3 is 1. The van der Waals surface area contributed by atoms with Crippen LogP contribution in [0.3, 0.4) is 0 Å². The van der Waals surface area contributed by atoms with E-state index in [0.29, 0.717) is 12.2 Å². The van der Waals surface area contributed by atoms with Gasteiger partial charge >= 0.3 is 5.97 Å². The molecule has 0 amide bonds. The number of esters is 1. The normalized spacial score (nSPS) is 10.3. The molecule has 0 aliphatic rings. The molecule has 0 bridgehead atoms. The van der Waals surface area contributed by atoms with Crippen LogP contribution in [0.4, 0.5) is 5.69 Å². The van der Waals surface area contributed by atoms with Gasteiger partial charge in [0.2, 0.25) is 0 Å². The molecule has 4 heteroatoms. The second kappa shape index (κ2) is 8.96. The summed E-state index contributed by atoms with van der Waals surface area (Å²) >= 11 is 0. The number of ether oxygens (including phenoxy) is 2. The number of rotatable bonds is 8. The van der Waals surface area contributed by atoms with Gasteiger partial charge in [0.05, 0.1) is 19.3 Å². The van der Waals surface area contributed by atoms with Gasteiger partial charge in [-0.3, -0.25) is 0 Å². The number of hydrogen-bond donors (Lipinski definition) is 1. The molecule has 0 aromatic heterocycles. The number of aryl methyl sites for hydroxylation is 1. The van der Waals surface area contributed by atoms with Gasteiger partial charge in [-0.25, -0.2) is 4.79 Å². The maximum absolute atomic E-state index is 11.7. The average Bonchev–Trinajstić information content (AvgIpc) is 2.61. The number of anilines is 1. The Bertz CT molecular complexity index is 682. The Kier molecular flexibility index (Phi) is 6.67. The first-order valence-electron chi connectivity index (χ1n) is 8.23. The zero-order valence-corrected chi connectivity index (χ0v) is 14.6. The average molecular weight is 327 g/mol. The molecule has 1 N–H and O–H groups in total. The third-order valence-electron chi connectivity index (χ3n) is 4.03. The van der Waals surface area contributed by atoms with Crippen LogP contribution < -0.4 is 10.1 Å². The molecule has 0 unspecified atom stereocenters. The molecule has 4 nitrogen and oxygen atoms in total. The van der Waals surface area contributed by atoms with Crippen LogP contribution in [0.5, 0.6) is 5.75 Å². The van der Waals surface area contributed by atoms with Crippen molar-refractivity contribution < 1.29 is 14.3 Å². The number of nitrogens with one attached hydrogen (secondary N) is 1. The SMILES string of the molecule is COC(=O)c1ccccc1NCCCCOc1cccc(C)c1C. The van der Waals surface area contributed by atoms with Crippen molar-refractivity contribution >= 4 is 11.7 Å². The predicted molar refractivity (Wildman–Crippen MR) is 96.9 cm³/mol. The summed E-state index contributed by atoms with van der Waals surface area (Å²) in [6, 6.07) is 13.5. The summed E-state index contributed by atoms with van der Waals surface area (Å²) in [7, 11) is 1.39. The number of carbonyl (C=O) groups is 1. The lowest BCUT2D eigenvalue weighted by Crippen LogP contribution is -2.10. The van der Waals surface area contributed by atoms with Crippen molar-refractivity contribution in [1.29, 1.82) is 0 Å². The molecule has 0 heterocycles. The van der Waals surface area contributed by atoms with E-state index >= 15 is 0 Å². The number of benzene rings is 2. The number of para-hydroxylation sites is 1. The first-order valence-corrected chi connectivity index (χ1v) is 8.23. The van der Waals surface area contributed by atoms with E-state index < -0.39 is 0 Å². The van der Waals surface area contributed by atoms with Crippen molar-refractivity contribution in [2.75, 3.05) is 25.6 Å². The molecule has 2 rings (SSSR count). The number of hydrogen-bond acceptors (Lipinski definition) is 4. The Balaban J connectivity index is 1.74. The minimum atomic E-state index is -0.323. The minimum Gasteiger partial charge on any atom is -0.493 e. The highest BCUT2D eigenvalue weighted by atomic mass is 16.5. The van der Waals surface area contributed by atoms with Crippen molar-refractivity contribution in [3.05, 3.63) is 59.2 Å². The van der Waals surface area contributed by atoms with Gasteiger partial charge in [-0.1, -0.05) is 24.3 Å². The molecule has 24 heavy (non-hydrogen) atoms. The fraction of sp³-hybridized carbons (Fsp3) is 0.350. The molecule has 2 aromatic carbocycles. The lowest BCUT2D eigenvalue weighted by atomic mass is 10.1. The highest BCUT2D eigenvalue weighted by Crippen LogP contribution is 2.21. The lowest BCUT2D eigenvalue weighted by Gasteiger charge is -2.12. The summed E-state index contributed by atoms with van der Waals surface area (Å²) in [6.07, 6.45) is 1.90. The maximum atomic E-state index is 11.7. The van der Waals surface area contributed by atoms with Gasteiger partial charge < -0.3 is 14.8 Å². The minimum absolute atomic E-state index is 0.323. The van der Waals surface area contributed by atoms with E-state index in [2.05, 4.69) is 25.2 Å². The van der Waals surface area contributed by atoms with E-state index in [1.807, 2.05) is 30.3 Å². The second-order valence-corrected chi connectivity index (χ2v) is 5.72. The van der Waals surface area contributed by atoms with Crippen LogP contribution in [0.25, 0.3) is 0 Å². The zero-order chi connectivity index (χ0) is 17.4. The predicted octanol–water partition coefficient (Wildman–Crippen LogP) is 4.36. The first-order chi connectivity index (χ1) is 11.6. The highest BCUT2D eigenvalue weighted by Gasteiger charge is 2.10. The van der Waals surface area contributed by atoms with Gasteiger partial charge in [-0.2, -0.15) is 0 Å². The number of unbranched alkanes of at least 4 members (excludes halogenated alkanes) is 1. The van der Waals surface area contributed by atoms with Crippen molar-refractivity contribution in [1.82, 2.24) is 0 Å². The van der Waals surface area contributed by atoms with Gasteiger partial charge in [0.1, 0.15) is 5.75 Å². The molecule has 2 aromatic rings. The van der Waals surface area contributed by atoms with Gasteiger partial charge in [0, 0.05) is 12.2 Å². The van der Waals surface area contributed by atoms with E-state index in [1.54, 1.807) is 6.07 Å². The van der Waals surface area contributed by atoms with Gasteiger partial charge in [-0.15, -0.1) is 0 Å². The standard InChI is InChI=1S/C20H25NO3/c1-15-9-8-12-19(16(15)2)24-14-7-6-13-21-18-11-5-4-10-17(18)20(22)23-3/h4-5,8-12,21H,6-7,13-14H2,1-3H3. The molecule has 0 saturated carbocycles. The maximum Gasteiger partial charge on any atom is 0.339 e. The Morgan fingerprint density at radius 3 is 2.62 bits per heavy atom. The topological polar surface area (TPSA) is 47.6 Å². The Labute approximate surface area is 143 Å². The summed E-state index contributed by atoms with van der Waals surface area (Å²) in [5.41, 5.74) is 3.81. The molecule has 0 aliphatic heterocycles. The lowest BCUT2D eigenvalue weighted by molar-refractivity contribution is 0.0602. The van der Waals surface area contributed by atoms with Gasteiger partial charge in [-0.05, 0) is 56.0 Å². The summed E-state index contributed by atoms with van der Waals surface area (Å²) in [6.45, 7) is 5.63. The van der Waals surface area contributed by atoms with E-state index in [-0.39, 0.29) is 5.97 Å². The molecule has 0 spiro atoms. The van der Waals surface area contributed by atoms with E-state index in [0.717, 1.165) is 30.8 Å². The fourth-order valence-electron chi connectivity index (χ4n) is 2.44. The van der Waals surface area contributed by atoms with Crippen molar-refractivity contribution in [2.45, 2.75) is 26.7 Å². The molecule has 128 valence electrons. The smallest absolute Gasteiger partial charge is 0.339 e. The molecule has 0 fully saturated rings. The quantitative estimate of drug-likeness (QED) is 0.578. The van der Waals surface area contributed by atoms with Gasteiger partial charge in [0.15, 0.2) is 0 Å². The zero-order valence-electron chi connectivity index (χ0n) is 14.6. The molecule has 0 atom stereocenters. The van der Waals surface area contributed by atoms with Crippen molar-refractivity contribution in [3.8, 4) is 5.75 Å². The van der Waals surface area contributed by atoms with Crippen LogP contribution in [-0.4, -0.2) is 26.2 Å². The van der Waals surface area contributed by atoms with Crippen molar-refractivity contribution in [2.24, 2.45) is 0 Å². The van der Waals surface area contributed by atoms with E-state index in [4.69, 9.17) is 9.47 Å². The fourth-order valence-corrected chi connectivity index (χ4v) is 2.44. The van der Waals surface area contributed by atoms with Crippen molar-refractivity contribution in [3.63, 3.8) is 0 Å².